The topological polar surface area (TPSA) is 76.5 Å². The van der Waals surface area contributed by atoms with Gasteiger partial charge in [-0.25, -0.2) is 4.68 Å². The van der Waals surface area contributed by atoms with Gasteiger partial charge in [0, 0.05) is 18.0 Å². The average molecular weight is 449 g/mol. The second-order valence-electron chi connectivity index (χ2n) is 8.25. The number of methoxy groups -OCH3 is 1. The summed E-state index contributed by atoms with van der Waals surface area (Å²) < 4.78 is 7.00. The van der Waals surface area contributed by atoms with Crippen molar-refractivity contribution in [2.45, 2.75) is 34.1 Å². The zero-order chi connectivity index (χ0) is 24.0. The van der Waals surface area contributed by atoms with E-state index in [9.17, 15) is 9.59 Å². The lowest BCUT2D eigenvalue weighted by Crippen LogP contribution is -2.40. The van der Waals surface area contributed by atoms with Crippen molar-refractivity contribution in [3.8, 4) is 22.6 Å². The summed E-state index contributed by atoms with van der Waals surface area (Å²) in [5.74, 6) is 0.844. The average Bonchev–Trinajstić information content (AvgIpc) is 3.14. The summed E-state index contributed by atoms with van der Waals surface area (Å²) in [7, 11) is 1.62. The van der Waals surface area contributed by atoms with Crippen molar-refractivity contribution in [1.29, 1.82) is 0 Å². The summed E-state index contributed by atoms with van der Waals surface area (Å²) >= 11 is 0. The van der Waals surface area contributed by atoms with Crippen molar-refractivity contribution in [2.75, 3.05) is 25.5 Å². The van der Waals surface area contributed by atoms with Crippen LogP contribution in [-0.2, 0) is 9.59 Å². The van der Waals surface area contributed by atoms with Crippen LogP contribution < -0.4 is 10.1 Å². The first-order valence-electron chi connectivity index (χ1n) is 11.2. The first-order chi connectivity index (χ1) is 15.8. The highest BCUT2D eigenvalue weighted by molar-refractivity contribution is 5.98. The van der Waals surface area contributed by atoms with Crippen LogP contribution in [0.1, 0.15) is 32.9 Å². The monoisotopic (exact) mass is 448 g/mol. The molecule has 1 heterocycles. The smallest absolute Gasteiger partial charge is 0.245 e. The van der Waals surface area contributed by atoms with Crippen LogP contribution in [0.25, 0.3) is 16.8 Å². The van der Waals surface area contributed by atoms with Gasteiger partial charge in [-0.1, -0.05) is 51.1 Å². The Bertz CT molecular complexity index is 1090. The third kappa shape index (κ3) is 5.61. The van der Waals surface area contributed by atoms with Gasteiger partial charge < -0.3 is 15.0 Å². The van der Waals surface area contributed by atoms with Gasteiger partial charge in [0.15, 0.2) is 0 Å². The molecule has 2 aromatic carbocycles. The summed E-state index contributed by atoms with van der Waals surface area (Å²) in [6.45, 7) is 8.13. The number of nitrogens with one attached hydrogen (secondary N) is 1. The number of carbonyl (C=O) groups is 2. The fraction of sp³-hybridized carbons (Fsp3) is 0.346. The van der Waals surface area contributed by atoms with Crippen LogP contribution in [0.3, 0.4) is 0 Å². The van der Waals surface area contributed by atoms with E-state index in [2.05, 4.69) is 5.32 Å². The summed E-state index contributed by atoms with van der Waals surface area (Å²) in [5.41, 5.74) is 3.38. The molecule has 33 heavy (non-hydrogen) atoms. The molecule has 0 unspecified atom stereocenters. The van der Waals surface area contributed by atoms with E-state index in [4.69, 9.17) is 9.84 Å². The van der Waals surface area contributed by atoms with E-state index in [0.717, 1.165) is 34.7 Å². The molecule has 7 nitrogen and oxygen atoms in total. The molecule has 0 aliphatic rings. The van der Waals surface area contributed by atoms with Crippen LogP contribution >= 0.6 is 0 Å². The zero-order valence-electron chi connectivity index (χ0n) is 20.0. The van der Waals surface area contributed by atoms with Gasteiger partial charge in [0.2, 0.25) is 11.8 Å². The van der Waals surface area contributed by atoms with Crippen LogP contribution in [0.2, 0.25) is 0 Å². The van der Waals surface area contributed by atoms with Gasteiger partial charge in [-0.3, -0.25) is 9.59 Å². The van der Waals surface area contributed by atoms with Gasteiger partial charge in [-0.05, 0) is 43.2 Å². The SMILES string of the molecule is CCCN(CC(=O)Nc1c(-c2ccccc2)c(C)nn1-c1ccc(OC)cc1)C(=O)C(C)C. The molecule has 174 valence electrons. The predicted octanol–water partition coefficient (Wildman–Crippen LogP) is 4.69. The number of benzene rings is 2. The van der Waals surface area contributed by atoms with E-state index in [0.29, 0.717) is 12.4 Å². The number of ether oxygens (including phenoxy) is 1. The molecule has 0 spiro atoms. The predicted molar refractivity (Wildman–Crippen MR) is 131 cm³/mol. The van der Waals surface area contributed by atoms with Crippen molar-refractivity contribution in [1.82, 2.24) is 14.7 Å². The third-order valence-corrected chi connectivity index (χ3v) is 5.33. The minimum Gasteiger partial charge on any atom is -0.497 e. The van der Waals surface area contributed by atoms with Crippen LogP contribution in [0.4, 0.5) is 5.82 Å². The Balaban J connectivity index is 2.00. The molecule has 3 rings (SSSR count). The number of hydrogen-bond acceptors (Lipinski definition) is 4. The number of rotatable bonds is 9. The molecular formula is C26H32N4O3. The number of nitrogens with zero attached hydrogens (tertiary/aromatic N) is 3. The molecule has 2 amide bonds. The molecule has 1 aromatic heterocycles. The number of aryl methyl sites for hydroxylation is 1. The molecular weight excluding hydrogens is 416 g/mol. The van der Waals surface area contributed by atoms with Crippen LogP contribution in [-0.4, -0.2) is 46.7 Å². The van der Waals surface area contributed by atoms with Crippen LogP contribution in [0, 0.1) is 12.8 Å². The van der Waals surface area contributed by atoms with Crippen LogP contribution in [0.15, 0.2) is 54.6 Å². The number of hydrogen-bond donors (Lipinski definition) is 1. The molecule has 0 aliphatic carbocycles. The Kier molecular flexibility index (Phi) is 7.87. The van der Waals surface area contributed by atoms with Gasteiger partial charge >= 0.3 is 0 Å². The van der Waals surface area contributed by atoms with Gasteiger partial charge in [0.1, 0.15) is 11.6 Å². The molecule has 0 bridgehead atoms. The Hall–Kier alpha value is -3.61. The highest BCUT2D eigenvalue weighted by atomic mass is 16.5. The normalized spacial score (nSPS) is 10.8. The highest BCUT2D eigenvalue weighted by Gasteiger charge is 2.23. The van der Waals surface area contributed by atoms with E-state index in [-0.39, 0.29) is 24.3 Å². The van der Waals surface area contributed by atoms with Crippen LogP contribution in [0.5, 0.6) is 5.75 Å². The third-order valence-electron chi connectivity index (χ3n) is 5.33. The Morgan fingerprint density at radius 2 is 1.76 bits per heavy atom. The maximum Gasteiger partial charge on any atom is 0.245 e. The highest BCUT2D eigenvalue weighted by Crippen LogP contribution is 2.33. The van der Waals surface area contributed by atoms with Crippen molar-refractivity contribution in [3.63, 3.8) is 0 Å². The Labute approximate surface area is 195 Å². The molecule has 0 saturated carbocycles. The number of carbonyl (C=O) groups excluding carboxylic acids is 2. The lowest BCUT2D eigenvalue weighted by atomic mass is 10.1. The molecule has 7 heteroatoms. The number of anilines is 1. The lowest BCUT2D eigenvalue weighted by Gasteiger charge is -2.23. The second-order valence-corrected chi connectivity index (χ2v) is 8.25. The molecule has 0 radical (unpaired) electrons. The summed E-state index contributed by atoms with van der Waals surface area (Å²) in [6.07, 6.45) is 0.782. The van der Waals surface area contributed by atoms with Gasteiger partial charge in [0.25, 0.3) is 0 Å². The molecule has 0 saturated heterocycles. The lowest BCUT2D eigenvalue weighted by molar-refractivity contribution is -0.137. The fourth-order valence-corrected chi connectivity index (χ4v) is 3.75. The number of aromatic nitrogens is 2. The minimum absolute atomic E-state index is 0.00801. The van der Waals surface area contributed by atoms with E-state index < -0.39 is 0 Å². The van der Waals surface area contributed by atoms with Crippen molar-refractivity contribution < 1.29 is 14.3 Å². The van der Waals surface area contributed by atoms with E-state index >= 15 is 0 Å². The molecule has 3 aromatic rings. The standard InChI is InChI=1S/C26H32N4O3/c1-6-16-29(26(32)18(2)3)17-23(31)27-25-24(20-10-8-7-9-11-20)19(4)28-30(25)21-12-14-22(33-5)15-13-21/h7-15,18H,6,16-17H2,1-5H3,(H,27,31). The maximum absolute atomic E-state index is 13.1. The first-order valence-corrected chi connectivity index (χ1v) is 11.2. The maximum atomic E-state index is 13.1. The second kappa shape index (κ2) is 10.8. The molecule has 1 N–H and O–H groups in total. The molecule has 0 atom stereocenters. The van der Waals surface area contributed by atoms with Gasteiger partial charge in [-0.2, -0.15) is 5.10 Å². The van der Waals surface area contributed by atoms with Gasteiger partial charge in [-0.15, -0.1) is 0 Å². The Morgan fingerprint density at radius 3 is 2.33 bits per heavy atom. The zero-order valence-corrected chi connectivity index (χ0v) is 20.0. The minimum atomic E-state index is -0.260. The van der Waals surface area contributed by atoms with E-state index in [1.807, 2.05) is 82.3 Å². The first kappa shape index (κ1) is 24.0. The summed E-state index contributed by atoms with van der Waals surface area (Å²) in [4.78, 5) is 27.3. The largest absolute Gasteiger partial charge is 0.497 e. The number of amides is 2. The summed E-state index contributed by atoms with van der Waals surface area (Å²) in [6, 6.07) is 17.3. The van der Waals surface area contributed by atoms with E-state index in [1.165, 1.54) is 0 Å². The van der Waals surface area contributed by atoms with E-state index in [1.54, 1.807) is 16.7 Å². The van der Waals surface area contributed by atoms with Crippen molar-refractivity contribution in [2.24, 2.45) is 5.92 Å². The molecule has 0 fully saturated rings. The van der Waals surface area contributed by atoms with Gasteiger partial charge in [0.05, 0.1) is 25.0 Å². The molecule has 0 aliphatic heterocycles. The summed E-state index contributed by atoms with van der Waals surface area (Å²) in [5, 5.41) is 7.77. The Morgan fingerprint density at radius 1 is 1.09 bits per heavy atom. The fourth-order valence-electron chi connectivity index (χ4n) is 3.75. The van der Waals surface area contributed by atoms with Crippen molar-refractivity contribution in [3.05, 3.63) is 60.3 Å². The quantitative estimate of drug-likeness (QED) is 0.515. The van der Waals surface area contributed by atoms with Crippen molar-refractivity contribution >= 4 is 17.6 Å².